The van der Waals surface area contributed by atoms with Gasteiger partial charge in [-0.3, -0.25) is 0 Å². The quantitative estimate of drug-likeness (QED) is 0.842. The van der Waals surface area contributed by atoms with Crippen LogP contribution in [0.3, 0.4) is 0 Å². The molecule has 0 fully saturated rings. The number of hydrogen-bond acceptors (Lipinski definition) is 3. The minimum absolute atomic E-state index is 0.352. The Morgan fingerprint density at radius 1 is 1.44 bits per heavy atom. The molecule has 0 bridgehead atoms. The van der Waals surface area contributed by atoms with Gasteiger partial charge in [0.2, 0.25) is 0 Å². The standard InChI is InChI=1S/C13H14N2O2S/c1-2-15-9-14-7-10(15)8-18-12-6-4-3-5-11(12)13(16)17/h3-7,9H,2,8H2,1H3,(H,16,17). The van der Waals surface area contributed by atoms with Gasteiger partial charge in [-0.05, 0) is 19.1 Å². The predicted octanol–water partition coefficient (Wildman–Crippen LogP) is 2.89. The summed E-state index contributed by atoms with van der Waals surface area (Å²) in [5, 5.41) is 9.09. The second-order valence-electron chi connectivity index (χ2n) is 3.76. The number of aromatic nitrogens is 2. The number of aryl methyl sites for hydroxylation is 1. The fraction of sp³-hybridized carbons (Fsp3) is 0.231. The highest BCUT2D eigenvalue weighted by Crippen LogP contribution is 2.26. The van der Waals surface area contributed by atoms with Gasteiger partial charge in [0.25, 0.3) is 0 Å². The van der Waals surface area contributed by atoms with Crippen LogP contribution in [0, 0.1) is 0 Å². The molecule has 0 aliphatic heterocycles. The van der Waals surface area contributed by atoms with E-state index in [4.69, 9.17) is 5.11 Å². The molecule has 0 saturated carbocycles. The van der Waals surface area contributed by atoms with Crippen molar-refractivity contribution in [2.75, 3.05) is 0 Å². The van der Waals surface area contributed by atoms with Gasteiger partial charge in [-0.25, -0.2) is 9.78 Å². The molecule has 4 nitrogen and oxygen atoms in total. The van der Waals surface area contributed by atoms with Gasteiger partial charge in [0.1, 0.15) is 0 Å². The molecule has 0 radical (unpaired) electrons. The Morgan fingerprint density at radius 3 is 2.94 bits per heavy atom. The van der Waals surface area contributed by atoms with Crippen molar-refractivity contribution in [3.63, 3.8) is 0 Å². The summed E-state index contributed by atoms with van der Waals surface area (Å²) < 4.78 is 2.05. The molecule has 0 aliphatic rings. The highest BCUT2D eigenvalue weighted by atomic mass is 32.2. The Bertz CT molecular complexity index is 551. The van der Waals surface area contributed by atoms with E-state index >= 15 is 0 Å². The number of hydrogen-bond donors (Lipinski definition) is 1. The minimum Gasteiger partial charge on any atom is -0.478 e. The van der Waals surface area contributed by atoms with Crippen LogP contribution in [-0.2, 0) is 12.3 Å². The molecule has 94 valence electrons. The Balaban J connectivity index is 2.13. The third kappa shape index (κ3) is 2.73. The van der Waals surface area contributed by atoms with Gasteiger partial charge < -0.3 is 9.67 Å². The highest BCUT2D eigenvalue weighted by Gasteiger charge is 2.10. The zero-order valence-corrected chi connectivity index (χ0v) is 10.9. The fourth-order valence-corrected chi connectivity index (χ4v) is 2.70. The van der Waals surface area contributed by atoms with Crippen LogP contribution in [0.2, 0.25) is 0 Å². The zero-order valence-electron chi connectivity index (χ0n) is 10.0. The first kappa shape index (κ1) is 12.7. The maximum Gasteiger partial charge on any atom is 0.336 e. The number of imidazole rings is 1. The van der Waals surface area contributed by atoms with Crippen LogP contribution in [0.1, 0.15) is 23.0 Å². The van der Waals surface area contributed by atoms with Gasteiger partial charge in [-0.1, -0.05) is 12.1 Å². The molecular formula is C13H14N2O2S. The molecule has 0 atom stereocenters. The summed E-state index contributed by atoms with van der Waals surface area (Å²) in [6, 6.07) is 7.05. The lowest BCUT2D eigenvalue weighted by Gasteiger charge is -2.07. The maximum atomic E-state index is 11.1. The summed E-state index contributed by atoms with van der Waals surface area (Å²) in [5.74, 6) is -0.167. The molecular weight excluding hydrogens is 248 g/mol. The van der Waals surface area contributed by atoms with Gasteiger partial charge >= 0.3 is 5.97 Å². The predicted molar refractivity (Wildman–Crippen MR) is 70.9 cm³/mol. The molecule has 0 amide bonds. The van der Waals surface area contributed by atoms with Crippen molar-refractivity contribution in [1.29, 1.82) is 0 Å². The minimum atomic E-state index is -0.887. The molecule has 1 aromatic heterocycles. The lowest BCUT2D eigenvalue weighted by atomic mass is 10.2. The molecule has 1 N–H and O–H groups in total. The maximum absolute atomic E-state index is 11.1. The molecule has 2 aromatic rings. The third-order valence-corrected chi connectivity index (χ3v) is 3.74. The smallest absolute Gasteiger partial charge is 0.336 e. The van der Waals surface area contributed by atoms with Gasteiger partial charge in [0.15, 0.2) is 0 Å². The molecule has 0 unspecified atom stereocenters. The van der Waals surface area contributed by atoms with Crippen LogP contribution < -0.4 is 0 Å². The number of carboxylic acid groups (broad SMARTS) is 1. The number of carboxylic acids is 1. The zero-order chi connectivity index (χ0) is 13.0. The number of thioether (sulfide) groups is 1. The monoisotopic (exact) mass is 262 g/mol. The molecule has 0 saturated heterocycles. The molecule has 1 heterocycles. The summed E-state index contributed by atoms with van der Waals surface area (Å²) in [4.78, 5) is 16.0. The fourth-order valence-electron chi connectivity index (χ4n) is 1.67. The van der Waals surface area contributed by atoms with Crippen molar-refractivity contribution in [3.8, 4) is 0 Å². The third-order valence-electron chi connectivity index (χ3n) is 2.63. The molecule has 5 heteroatoms. The molecule has 18 heavy (non-hydrogen) atoms. The summed E-state index contributed by atoms with van der Waals surface area (Å²) in [6.45, 7) is 2.93. The van der Waals surface area contributed by atoms with E-state index in [2.05, 4.69) is 16.5 Å². The first-order valence-electron chi connectivity index (χ1n) is 5.66. The van der Waals surface area contributed by atoms with Crippen LogP contribution in [0.25, 0.3) is 0 Å². The number of benzene rings is 1. The highest BCUT2D eigenvalue weighted by molar-refractivity contribution is 7.98. The number of rotatable bonds is 5. The van der Waals surface area contributed by atoms with Crippen LogP contribution in [0.15, 0.2) is 41.7 Å². The summed E-state index contributed by atoms with van der Waals surface area (Å²) in [5.41, 5.74) is 1.45. The van der Waals surface area contributed by atoms with Gasteiger partial charge in [0.05, 0.1) is 11.9 Å². The van der Waals surface area contributed by atoms with Crippen molar-refractivity contribution in [2.45, 2.75) is 24.1 Å². The Hall–Kier alpha value is -1.75. The average molecular weight is 262 g/mol. The van der Waals surface area contributed by atoms with Gasteiger partial charge in [-0.15, -0.1) is 11.8 Å². The summed E-state index contributed by atoms with van der Waals surface area (Å²) in [7, 11) is 0. The number of carbonyl (C=O) groups is 1. The van der Waals surface area contributed by atoms with E-state index in [1.807, 2.05) is 18.3 Å². The van der Waals surface area contributed by atoms with E-state index in [0.29, 0.717) is 5.56 Å². The molecule has 1 aromatic carbocycles. The van der Waals surface area contributed by atoms with Crippen LogP contribution in [0.4, 0.5) is 0 Å². The van der Waals surface area contributed by atoms with Gasteiger partial charge in [0, 0.05) is 29.1 Å². The number of nitrogens with zero attached hydrogens (tertiary/aromatic N) is 2. The molecule has 2 rings (SSSR count). The van der Waals surface area contributed by atoms with E-state index in [-0.39, 0.29) is 0 Å². The van der Waals surface area contributed by atoms with Crippen LogP contribution in [0.5, 0.6) is 0 Å². The molecule has 0 spiro atoms. The van der Waals surface area contributed by atoms with Crippen molar-refractivity contribution in [2.24, 2.45) is 0 Å². The second kappa shape index (κ2) is 5.73. The number of aromatic carboxylic acids is 1. The van der Waals surface area contributed by atoms with Gasteiger partial charge in [-0.2, -0.15) is 0 Å². The van der Waals surface area contributed by atoms with E-state index in [0.717, 1.165) is 22.9 Å². The van der Waals surface area contributed by atoms with Crippen LogP contribution in [-0.4, -0.2) is 20.6 Å². The lowest BCUT2D eigenvalue weighted by molar-refractivity contribution is 0.0693. The van der Waals surface area contributed by atoms with Crippen molar-refractivity contribution < 1.29 is 9.90 Å². The SMILES string of the molecule is CCn1cncc1CSc1ccccc1C(=O)O. The van der Waals surface area contributed by atoms with Crippen LogP contribution >= 0.6 is 11.8 Å². The first-order valence-corrected chi connectivity index (χ1v) is 6.65. The Labute approximate surface area is 110 Å². The summed E-state index contributed by atoms with van der Waals surface area (Å²) >= 11 is 1.52. The normalized spacial score (nSPS) is 10.5. The molecule has 0 aliphatic carbocycles. The Kier molecular flexibility index (Phi) is 4.04. The summed E-state index contributed by atoms with van der Waals surface area (Å²) in [6.07, 6.45) is 3.61. The second-order valence-corrected chi connectivity index (χ2v) is 4.78. The van der Waals surface area contributed by atoms with E-state index in [9.17, 15) is 4.79 Å². The van der Waals surface area contributed by atoms with E-state index < -0.39 is 5.97 Å². The van der Waals surface area contributed by atoms with Crippen molar-refractivity contribution >= 4 is 17.7 Å². The van der Waals surface area contributed by atoms with Crippen molar-refractivity contribution in [3.05, 3.63) is 48.0 Å². The topological polar surface area (TPSA) is 55.1 Å². The van der Waals surface area contributed by atoms with E-state index in [1.165, 1.54) is 11.8 Å². The van der Waals surface area contributed by atoms with Crippen molar-refractivity contribution in [1.82, 2.24) is 9.55 Å². The average Bonchev–Trinajstić information content (AvgIpc) is 2.84. The lowest BCUT2D eigenvalue weighted by Crippen LogP contribution is -2.00. The first-order chi connectivity index (χ1) is 8.72. The largest absolute Gasteiger partial charge is 0.478 e. The Morgan fingerprint density at radius 2 is 2.22 bits per heavy atom. The van der Waals surface area contributed by atoms with E-state index in [1.54, 1.807) is 18.5 Å².